The fourth-order valence-corrected chi connectivity index (χ4v) is 2.74. The van der Waals surface area contributed by atoms with Crippen LogP contribution in [-0.4, -0.2) is 31.1 Å². The van der Waals surface area contributed by atoms with Crippen LogP contribution in [0.1, 0.15) is 23.1 Å². The lowest BCUT2D eigenvalue weighted by molar-refractivity contribution is 0.791. The standard InChI is InChI=1S/C13H23N3S2/c1-4-14-13(15-8-5-9-17-3)16-10-12-7-6-11(2)18-12/h6-7H,4-5,8-10H2,1-3H3,(H2,14,15,16). The minimum Gasteiger partial charge on any atom is -0.357 e. The van der Waals surface area contributed by atoms with E-state index in [0.29, 0.717) is 0 Å². The summed E-state index contributed by atoms with van der Waals surface area (Å²) in [4.78, 5) is 7.25. The molecule has 0 spiro atoms. The molecule has 0 bridgehead atoms. The van der Waals surface area contributed by atoms with Crippen LogP contribution in [0, 0.1) is 6.92 Å². The number of nitrogens with zero attached hydrogens (tertiary/aromatic N) is 1. The molecule has 0 atom stereocenters. The lowest BCUT2D eigenvalue weighted by atomic mass is 10.4. The van der Waals surface area contributed by atoms with E-state index in [1.54, 1.807) is 0 Å². The van der Waals surface area contributed by atoms with Crippen molar-refractivity contribution in [3.63, 3.8) is 0 Å². The van der Waals surface area contributed by atoms with Crippen molar-refractivity contribution in [1.82, 2.24) is 10.6 Å². The van der Waals surface area contributed by atoms with Gasteiger partial charge < -0.3 is 10.6 Å². The van der Waals surface area contributed by atoms with Crippen LogP contribution in [-0.2, 0) is 6.54 Å². The van der Waals surface area contributed by atoms with Gasteiger partial charge in [-0.25, -0.2) is 4.99 Å². The number of guanidine groups is 1. The van der Waals surface area contributed by atoms with Crippen molar-refractivity contribution in [3.05, 3.63) is 21.9 Å². The molecule has 1 aromatic rings. The number of hydrogen-bond donors (Lipinski definition) is 2. The van der Waals surface area contributed by atoms with Crippen molar-refractivity contribution < 1.29 is 0 Å². The Bertz CT molecular complexity index is 361. The van der Waals surface area contributed by atoms with Gasteiger partial charge in [-0.1, -0.05) is 0 Å². The topological polar surface area (TPSA) is 36.4 Å². The first kappa shape index (κ1) is 15.4. The highest BCUT2D eigenvalue weighted by Gasteiger charge is 1.98. The highest BCUT2D eigenvalue weighted by Crippen LogP contribution is 2.15. The zero-order valence-corrected chi connectivity index (χ0v) is 13.1. The van der Waals surface area contributed by atoms with E-state index in [2.05, 4.69) is 47.9 Å². The van der Waals surface area contributed by atoms with Crippen molar-refractivity contribution in [3.8, 4) is 0 Å². The molecule has 1 aromatic heterocycles. The van der Waals surface area contributed by atoms with Crippen LogP contribution in [0.4, 0.5) is 0 Å². The Balaban J connectivity index is 2.39. The van der Waals surface area contributed by atoms with Crippen LogP contribution >= 0.6 is 23.1 Å². The predicted octanol–water partition coefficient (Wildman–Crippen LogP) is 2.86. The predicted molar refractivity (Wildman–Crippen MR) is 84.9 cm³/mol. The molecule has 0 aliphatic rings. The van der Waals surface area contributed by atoms with Crippen molar-refractivity contribution in [2.75, 3.05) is 25.1 Å². The maximum absolute atomic E-state index is 4.59. The first-order valence-corrected chi connectivity index (χ1v) is 8.53. The summed E-state index contributed by atoms with van der Waals surface area (Å²) < 4.78 is 0. The van der Waals surface area contributed by atoms with Crippen LogP contribution < -0.4 is 10.6 Å². The lowest BCUT2D eigenvalue weighted by Crippen LogP contribution is -2.37. The van der Waals surface area contributed by atoms with Crippen molar-refractivity contribution in [1.29, 1.82) is 0 Å². The molecule has 0 unspecified atom stereocenters. The normalized spacial score (nSPS) is 11.6. The van der Waals surface area contributed by atoms with Gasteiger partial charge in [0, 0.05) is 22.8 Å². The van der Waals surface area contributed by atoms with E-state index in [4.69, 9.17) is 0 Å². The summed E-state index contributed by atoms with van der Waals surface area (Å²) in [5.41, 5.74) is 0. The van der Waals surface area contributed by atoms with E-state index in [1.165, 1.54) is 21.9 Å². The summed E-state index contributed by atoms with van der Waals surface area (Å²) in [7, 11) is 0. The van der Waals surface area contributed by atoms with Crippen molar-refractivity contribution in [2.45, 2.75) is 26.8 Å². The number of hydrogen-bond acceptors (Lipinski definition) is 3. The van der Waals surface area contributed by atoms with Crippen LogP contribution in [0.15, 0.2) is 17.1 Å². The monoisotopic (exact) mass is 285 g/mol. The Morgan fingerprint density at radius 3 is 2.83 bits per heavy atom. The van der Waals surface area contributed by atoms with Gasteiger partial charge in [-0.15, -0.1) is 11.3 Å². The van der Waals surface area contributed by atoms with Crippen molar-refractivity contribution >= 4 is 29.1 Å². The summed E-state index contributed by atoms with van der Waals surface area (Å²) in [5.74, 6) is 2.11. The Morgan fingerprint density at radius 1 is 1.39 bits per heavy atom. The van der Waals surface area contributed by atoms with Gasteiger partial charge in [-0.2, -0.15) is 11.8 Å². The van der Waals surface area contributed by atoms with E-state index in [9.17, 15) is 0 Å². The molecule has 5 heteroatoms. The molecule has 1 heterocycles. The van der Waals surface area contributed by atoms with Gasteiger partial charge in [0.15, 0.2) is 5.96 Å². The molecule has 18 heavy (non-hydrogen) atoms. The van der Waals surface area contributed by atoms with Gasteiger partial charge in [0.25, 0.3) is 0 Å². The minimum absolute atomic E-state index is 0.760. The molecular formula is C13H23N3S2. The van der Waals surface area contributed by atoms with Gasteiger partial charge in [-0.05, 0) is 44.4 Å². The van der Waals surface area contributed by atoms with Crippen LogP contribution in [0.5, 0.6) is 0 Å². The smallest absolute Gasteiger partial charge is 0.191 e. The minimum atomic E-state index is 0.760. The molecule has 0 aliphatic carbocycles. The number of nitrogens with one attached hydrogen (secondary N) is 2. The highest BCUT2D eigenvalue weighted by atomic mass is 32.2. The third-order valence-corrected chi connectivity index (χ3v) is 4.03. The van der Waals surface area contributed by atoms with Gasteiger partial charge in [0.2, 0.25) is 0 Å². The molecule has 0 fully saturated rings. The molecule has 0 amide bonds. The van der Waals surface area contributed by atoms with Gasteiger partial charge in [-0.3, -0.25) is 0 Å². The largest absolute Gasteiger partial charge is 0.357 e. The second-order valence-corrected chi connectivity index (χ2v) is 6.34. The average molecular weight is 285 g/mol. The molecule has 102 valence electrons. The maximum atomic E-state index is 4.59. The fourth-order valence-electron chi connectivity index (χ4n) is 1.49. The Morgan fingerprint density at radius 2 is 2.22 bits per heavy atom. The third-order valence-electron chi connectivity index (χ3n) is 2.35. The molecular weight excluding hydrogens is 262 g/mol. The summed E-state index contributed by atoms with van der Waals surface area (Å²) in [5, 5.41) is 6.64. The molecule has 2 N–H and O–H groups in total. The first-order valence-electron chi connectivity index (χ1n) is 6.32. The average Bonchev–Trinajstić information content (AvgIpc) is 2.77. The molecule has 0 saturated heterocycles. The summed E-state index contributed by atoms with van der Waals surface area (Å²) in [6.45, 7) is 6.86. The highest BCUT2D eigenvalue weighted by molar-refractivity contribution is 7.98. The van der Waals surface area contributed by atoms with E-state index in [-0.39, 0.29) is 0 Å². The SMILES string of the molecule is CCNC(=NCc1ccc(C)s1)NCCCSC. The van der Waals surface area contributed by atoms with E-state index < -0.39 is 0 Å². The number of aryl methyl sites for hydroxylation is 1. The van der Waals surface area contributed by atoms with Crippen molar-refractivity contribution in [2.24, 2.45) is 4.99 Å². The van der Waals surface area contributed by atoms with Crippen LogP contribution in [0.2, 0.25) is 0 Å². The molecule has 3 nitrogen and oxygen atoms in total. The Hall–Kier alpha value is -0.680. The number of aliphatic imine (C=N–C) groups is 1. The van der Waals surface area contributed by atoms with Gasteiger partial charge in [0.05, 0.1) is 6.54 Å². The summed E-state index contributed by atoms with van der Waals surface area (Å²) in [6.07, 6.45) is 3.31. The second-order valence-electron chi connectivity index (χ2n) is 3.98. The zero-order chi connectivity index (χ0) is 13.2. The molecule has 0 saturated carbocycles. The fraction of sp³-hybridized carbons (Fsp3) is 0.615. The van der Waals surface area contributed by atoms with E-state index in [1.807, 2.05) is 23.1 Å². The Kier molecular flexibility index (Phi) is 7.93. The maximum Gasteiger partial charge on any atom is 0.191 e. The molecule has 1 rings (SSSR count). The number of thioether (sulfide) groups is 1. The lowest BCUT2D eigenvalue weighted by Gasteiger charge is -2.10. The van der Waals surface area contributed by atoms with E-state index >= 15 is 0 Å². The summed E-state index contributed by atoms with van der Waals surface area (Å²) in [6, 6.07) is 4.30. The Labute approximate surface area is 118 Å². The van der Waals surface area contributed by atoms with Crippen LogP contribution in [0.3, 0.4) is 0 Å². The third kappa shape index (κ3) is 6.31. The molecule has 0 radical (unpaired) electrons. The zero-order valence-electron chi connectivity index (χ0n) is 11.5. The quantitative estimate of drug-likeness (QED) is 0.459. The number of thiophene rings is 1. The summed E-state index contributed by atoms with van der Waals surface area (Å²) >= 11 is 3.69. The second kappa shape index (κ2) is 9.28. The van der Waals surface area contributed by atoms with Crippen LogP contribution in [0.25, 0.3) is 0 Å². The first-order chi connectivity index (χ1) is 8.76. The number of rotatable bonds is 7. The molecule has 0 aliphatic heterocycles. The molecule has 0 aromatic carbocycles. The van der Waals surface area contributed by atoms with E-state index in [0.717, 1.165) is 25.6 Å². The van der Waals surface area contributed by atoms with Gasteiger partial charge in [0.1, 0.15) is 0 Å². The van der Waals surface area contributed by atoms with Gasteiger partial charge >= 0.3 is 0 Å².